The number of benzene rings is 2. The highest BCUT2D eigenvalue weighted by atomic mass is 15.3. The van der Waals surface area contributed by atoms with E-state index in [0.717, 1.165) is 30.3 Å². The predicted octanol–water partition coefficient (Wildman–Crippen LogP) is 4.94. The van der Waals surface area contributed by atoms with Crippen LogP contribution in [0.4, 0.5) is 17.3 Å². The van der Waals surface area contributed by atoms with E-state index < -0.39 is 0 Å². The summed E-state index contributed by atoms with van der Waals surface area (Å²) in [6.45, 7) is 5.42. The first-order chi connectivity index (χ1) is 13.1. The molecule has 4 heteroatoms. The van der Waals surface area contributed by atoms with Crippen molar-refractivity contribution in [2.75, 3.05) is 23.4 Å². The summed E-state index contributed by atoms with van der Waals surface area (Å²) < 4.78 is 0. The van der Waals surface area contributed by atoms with Crippen LogP contribution in [0.25, 0.3) is 0 Å². The zero-order valence-corrected chi connectivity index (χ0v) is 16.2. The van der Waals surface area contributed by atoms with Crippen LogP contribution in [0, 0.1) is 6.92 Å². The van der Waals surface area contributed by atoms with E-state index in [1.54, 1.807) is 6.33 Å². The molecule has 138 valence electrons. The maximum absolute atomic E-state index is 4.58. The third-order valence-electron chi connectivity index (χ3n) is 5.54. The van der Waals surface area contributed by atoms with Gasteiger partial charge in [-0.2, -0.15) is 0 Å². The Labute approximate surface area is 161 Å². The van der Waals surface area contributed by atoms with Crippen molar-refractivity contribution in [3.8, 4) is 0 Å². The third-order valence-corrected chi connectivity index (χ3v) is 5.54. The van der Waals surface area contributed by atoms with Gasteiger partial charge >= 0.3 is 0 Å². The van der Waals surface area contributed by atoms with E-state index in [0.29, 0.717) is 12.0 Å². The van der Waals surface area contributed by atoms with Crippen molar-refractivity contribution in [2.24, 2.45) is 0 Å². The molecule has 0 amide bonds. The van der Waals surface area contributed by atoms with Gasteiger partial charge in [-0.05, 0) is 38.0 Å². The first-order valence-electron chi connectivity index (χ1n) is 9.56. The molecule has 0 saturated carbocycles. The normalized spacial score (nSPS) is 19.3. The van der Waals surface area contributed by atoms with Crippen molar-refractivity contribution in [1.29, 1.82) is 0 Å². The molecular formula is C23H26N4. The van der Waals surface area contributed by atoms with Gasteiger partial charge in [-0.1, -0.05) is 48.0 Å². The van der Waals surface area contributed by atoms with Gasteiger partial charge in [-0.15, -0.1) is 0 Å². The summed E-state index contributed by atoms with van der Waals surface area (Å²) in [5.41, 5.74) is 3.85. The van der Waals surface area contributed by atoms with Crippen LogP contribution in [0.3, 0.4) is 0 Å². The van der Waals surface area contributed by atoms with Gasteiger partial charge in [-0.3, -0.25) is 0 Å². The second-order valence-corrected chi connectivity index (χ2v) is 7.47. The summed E-state index contributed by atoms with van der Waals surface area (Å²) in [4.78, 5) is 13.6. The molecule has 0 radical (unpaired) electrons. The Morgan fingerprint density at radius 3 is 2.48 bits per heavy atom. The molecule has 2 aromatic carbocycles. The smallest absolute Gasteiger partial charge is 0.138 e. The Balaban J connectivity index is 1.56. The summed E-state index contributed by atoms with van der Waals surface area (Å²) in [7, 11) is 2.05. The monoisotopic (exact) mass is 358 g/mol. The Morgan fingerprint density at radius 2 is 1.74 bits per heavy atom. The second kappa shape index (κ2) is 7.39. The summed E-state index contributed by atoms with van der Waals surface area (Å²) in [6, 6.07) is 21.8. The lowest BCUT2D eigenvalue weighted by molar-refractivity contribution is 0.696. The van der Waals surface area contributed by atoms with Crippen LogP contribution in [-0.2, 0) is 0 Å². The molecule has 1 fully saturated rings. The first kappa shape index (κ1) is 17.5. The fraction of sp³-hybridized carbons (Fsp3) is 0.304. The number of aromatic nitrogens is 2. The molecule has 0 N–H and O–H groups in total. The number of rotatable bonds is 4. The molecule has 1 aromatic heterocycles. The van der Waals surface area contributed by atoms with Gasteiger partial charge in [0, 0.05) is 37.3 Å². The highest BCUT2D eigenvalue weighted by Crippen LogP contribution is 2.35. The van der Waals surface area contributed by atoms with Crippen molar-refractivity contribution in [3.63, 3.8) is 0 Å². The minimum atomic E-state index is 0.459. The molecule has 4 rings (SSSR count). The summed E-state index contributed by atoms with van der Waals surface area (Å²) in [5, 5.41) is 0. The number of anilines is 3. The van der Waals surface area contributed by atoms with Crippen LogP contribution in [0.1, 0.15) is 30.4 Å². The second-order valence-electron chi connectivity index (χ2n) is 7.47. The predicted molar refractivity (Wildman–Crippen MR) is 112 cm³/mol. The average molecular weight is 358 g/mol. The molecule has 2 atom stereocenters. The SMILES string of the molecule is Cc1ccc(C2CC(C)N(c3cc(N(C)c4ccccc4)ncn3)C2)cc1. The molecule has 1 saturated heterocycles. The molecule has 0 aliphatic carbocycles. The molecule has 2 heterocycles. The van der Waals surface area contributed by atoms with Crippen molar-refractivity contribution < 1.29 is 0 Å². The Bertz CT molecular complexity index is 892. The lowest BCUT2D eigenvalue weighted by Crippen LogP contribution is -2.28. The Kier molecular flexibility index (Phi) is 4.80. The fourth-order valence-electron chi connectivity index (χ4n) is 3.89. The average Bonchev–Trinajstić information content (AvgIpc) is 3.10. The molecule has 0 spiro atoms. The number of aryl methyl sites for hydroxylation is 1. The quantitative estimate of drug-likeness (QED) is 0.661. The maximum atomic E-state index is 4.58. The van der Waals surface area contributed by atoms with Gasteiger partial charge in [0.05, 0.1) is 0 Å². The standard InChI is InChI=1S/C23H26N4/c1-17-9-11-19(12-10-17)20-13-18(2)27(15-20)23-14-22(24-16-25-23)26(3)21-7-5-4-6-8-21/h4-12,14,16,18,20H,13,15H2,1-3H3. The Morgan fingerprint density at radius 1 is 1.00 bits per heavy atom. The highest BCUT2D eigenvalue weighted by Gasteiger charge is 2.31. The number of para-hydroxylation sites is 1. The van der Waals surface area contributed by atoms with Crippen LogP contribution in [0.15, 0.2) is 67.0 Å². The number of hydrogen-bond donors (Lipinski definition) is 0. The molecular weight excluding hydrogens is 332 g/mol. The zero-order chi connectivity index (χ0) is 18.8. The number of hydrogen-bond acceptors (Lipinski definition) is 4. The summed E-state index contributed by atoms with van der Waals surface area (Å²) in [6.07, 6.45) is 2.83. The van der Waals surface area contributed by atoms with Crippen LogP contribution < -0.4 is 9.80 Å². The van der Waals surface area contributed by atoms with Gasteiger partial charge in [-0.25, -0.2) is 9.97 Å². The fourth-order valence-corrected chi connectivity index (χ4v) is 3.89. The number of nitrogens with zero attached hydrogens (tertiary/aromatic N) is 4. The van der Waals surface area contributed by atoms with E-state index >= 15 is 0 Å². The molecule has 2 unspecified atom stereocenters. The van der Waals surface area contributed by atoms with E-state index in [-0.39, 0.29) is 0 Å². The summed E-state index contributed by atoms with van der Waals surface area (Å²) >= 11 is 0. The van der Waals surface area contributed by atoms with E-state index in [1.807, 2.05) is 25.2 Å². The van der Waals surface area contributed by atoms with Crippen molar-refractivity contribution in [1.82, 2.24) is 9.97 Å². The first-order valence-corrected chi connectivity index (χ1v) is 9.56. The van der Waals surface area contributed by atoms with Crippen LogP contribution in [-0.4, -0.2) is 29.6 Å². The third kappa shape index (κ3) is 3.65. The van der Waals surface area contributed by atoms with E-state index in [9.17, 15) is 0 Å². The van der Waals surface area contributed by atoms with Gasteiger partial charge in [0.15, 0.2) is 0 Å². The molecule has 0 bridgehead atoms. The largest absolute Gasteiger partial charge is 0.353 e. The van der Waals surface area contributed by atoms with Crippen molar-refractivity contribution >= 4 is 17.3 Å². The lowest BCUT2D eigenvalue weighted by Gasteiger charge is -2.24. The van der Waals surface area contributed by atoms with Gasteiger partial charge in [0.1, 0.15) is 18.0 Å². The molecule has 27 heavy (non-hydrogen) atoms. The highest BCUT2D eigenvalue weighted by molar-refractivity contribution is 5.62. The molecule has 4 nitrogen and oxygen atoms in total. The van der Waals surface area contributed by atoms with Crippen molar-refractivity contribution in [2.45, 2.75) is 32.2 Å². The van der Waals surface area contributed by atoms with E-state index in [1.165, 1.54) is 11.1 Å². The van der Waals surface area contributed by atoms with E-state index in [4.69, 9.17) is 0 Å². The summed E-state index contributed by atoms with van der Waals surface area (Å²) in [5.74, 6) is 2.47. The lowest BCUT2D eigenvalue weighted by atomic mass is 9.96. The molecule has 1 aliphatic rings. The molecule has 3 aromatic rings. The van der Waals surface area contributed by atoms with E-state index in [2.05, 4.69) is 76.1 Å². The topological polar surface area (TPSA) is 32.3 Å². The molecule has 1 aliphatic heterocycles. The minimum Gasteiger partial charge on any atom is -0.353 e. The van der Waals surface area contributed by atoms with Gasteiger partial charge in [0.25, 0.3) is 0 Å². The maximum Gasteiger partial charge on any atom is 0.138 e. The van der Waals surface area contributed by atoms with Crippen molar-refractivity contribution in [3.05, 3.63) is 78.1 Å². The minimum absolute atomic E-state index is 0.459. The van der Waals surface area contributed by atoms with Gasteiger partial charge < -0.3 is 9.80 Å². The zero-order valence-electron chi connectivity index (χ0n) is 16.2. The van der Waals surface area contributed by atoms with Crippen LogP contribution in [0.2, 0.25) is 0 Å². The van der Waals surface area contributed by atoms with Gasteiger partial charge in [0.2, 0.25) is 0 Å². The van der Waals surface area contributed by atoms with Crippen LogP contribution in [0.5, 0.6) is 0 Å². The Hall–Kier alpha value is -2.88. The van der Waals surface area contributed by atoms with Crippen LogP contribution >= 0.6 is 0 Å².